The minimum absolute atomic E-state index is 0.0742. The second-order valence-electron chi connectivity index (χ2n) is 5.40. The molecular weight excluding hydrogens is 322 g/mol. The molecule has 0 heterocycles. The lowest BCUT2D eigenvalue weighted by Crippen LogP contribution is -2.26. The number of hydrogen-bond acceptors (Lipinski definition) is 4. The highest BCUT2D eigenvalue weighted by Gasteiger charge is 2.14. The van der Waals surface area contributed by atoms with E-state index in [4.69, 9.17) is 4.55 Å². The second-order valence-corrected chi connectivity index (χ2v) is 7.76. The van der Waals surface area contributed by atoms with Crippen LogP contribution in [-0.2, 0) is 24.4 Å². The molecule has 0 fully saturated rings. The Bertz CT molecular complexity index is 560. The Morgan fingerprint density at radius 3 is 2.45 bits per heavy atom. The maximum absolute atomic E-state index is 11.9. The van der Waals surface area contributed by atoms with Gasteiger partial charge in [0.1, 0.15) is 0 Å². The number of carbonyl (C=O) groups excluding carboxylic acids is 1. The monoisotopic (exact) mass is 345 g/mol. The third-order valence-electron chi connectivity index (χ3n) is 3.70. The van der Waals surface area contributed by atoms with Gasteiger partial charge in [0.15, 0.2) is 0 Å². The Kier molecular flexibility index (Phi) is 7.95. The van der Waals surface area contributed by atoms with E-state index in [0.29, 0.717) is 30.4 Å². The molecule has 0 bridgehead atoms. The van der Waals surface area contributed by atoms with Crippen LogP contribution in [0.5, 0.6) is 0 Å². The van der Waals surface area contributed by atoms with Crippen molar-refractivity contribution in [3.63, 3.8) is 0 Å². The van der Waals surface area contributed by atoms with E-state index in [-0.39, 0.29) is 12.5 Å². The Morgan fingerprint density at radius 1 is 1.27 bits per heavy atom. The van der Waals surface area contributed by atoms with Gasteiger partial charge in [-0.15, -0.1) is 0 Å². The molecule has 22 heavy (non-hydrogen) atoms. The van der Waals surface area contributed by atoms with Crippen molar-refractivity contribution in [1.29, 1.82) is 0 Å². The number of benzene rings is 1. The van der Waals surface area contributed by atoms with Gasteiger partial charge in [0.05, 0.1) is 6.61 Å². The molecule has 7 heteroatoms. The molecule has 1 aromatic rings. The van der Waals surface area contributed by atoms with E-state index in [1.807, 2.05) is 18.2 Å². The summed E-state index contributed by atoms with van der Waals surface area (Å²) in [6.45, 7) is 4.90. The summed E-state index contributed by atoms with van der Waals surface area (Å²) in [6.07, 6.45) is 1.49. The van der Waals surface area contributed by atoms with E-state index in [1.54, 1.807) is 12.1 Å². The molecular formula is C15H23NO4S2. The zero-order chi connectivity index (χ0) is 16.6. The molecule has 1 aromatic carbocycles. The first-order valence-corrected chi connectivity index (χ1v) is 9.61. The average Bonchev–Trinajstić information content (AvgIpc) is 2.46. The minimum Gasteiger partial charge on any atom is -0.352 e. The predicted molar refractivity (Wildman–Crippen MR) is 90.4 cm³/mol. The summed E-state index contributed by atoms with van der Waals surface area (Å²) in [5.41, 5.74) is 0.653. The van der Waals surface area contributed by atoms with Gasteiger partial charge in [0.25, 0.3) is 15.0 Å². The first-order chi connectivity index (χ1) is 10.3. The van der Waals surface area contributed by atoms with Crippen LogP contribution >= 0.6 is 0 Å². The average molecular weight is 345 g/mol. The molecule has 1 rings (SSSR count). The second kappa shape index (κ2) is 9.19. The van der Waals surface area contributed by atoms with Gasteiger partial charge >= 0.3 is 0 Å². The van der Waals surface area contributed by atoms with E-state index in [0.717, 1.165) is 6.42 Å². The molecule has 0 aliphatic carbocycles. The van der Waals surface area contributed by atoms with E-state index < -0.39 is 9.05 Å². The Labute approximate surface area is 137 Å². The molecule has 5 nitrogen and oxygen atoms in total. The van der Waals surface area contributed by atoms with E-state index in [2.05, 4.69) is 34.5 Å². The predicted octanol–water partition coefficient (Wildman–Crippen LogP) is 2.62. The minimum atomic E-state index is -3.53. The van der Waals surface area contributed by atoms with Crippen molar-refractivity contribution in [3.05, 3.63) is 35.9 Å². The van der Waals surface area contributed by atoms with Gasteiger partial charge in [-0.25, -0.2) is 0 Å². The van der Waals surface area contributed by atoms with Gasteiger partial charge in [-0.05, 0) is 36.8 Å². The van der Waals surface area contributed by atoms with Crippen LogP contribution < -0.4 is 5.32 Å². The fourth-order valence-electron chi connectivity index (χ4n) is 2.01. The topological polar surface area (TPSA) is 75.6 Å². The van der Waals surface area contributed by atoms with Crippen LogP contribution in [0, 0.1) is 11.8 Å². The molecule has 0 spiro atoms. The third-order valence-corrected chi connectivity index (χ3v) is 4.45. The highest BCUT2D eigenvalue weighted by atomic mass is 32.9. The van der Waals surface area contributed by atoms with Crippen LogP contribution in [0.25, 0.3) is 0 Å². The first kappa shape index (κ1) is 19.0. The van der Waals surface area contributed by atoms with Gasteiger partial charge in [-0.1, -0.05) is 32.0 Å². The van der Waals surface area contributed by atoms with Crippen LogP contribution in [0.3, 0.4) is 0 Å². The summed E-state index contributed by atoms with van der Waals surface area (Å²) in [6, 6.07) is 9.09. The van der Waals surface area contributed by atoms with Crippen LogP contribution in [0.4, 0.5) is 0 Å². The molecule has 0 aliphatic rings. The molecule has 2 N–H and O–H groups in total. The standard InChI is InChI=1S/C15H23NO4S2/c1-12(13(2)9-11-20-22(18,19)21)8-10-16-15(17)14-6-4-3-5-7-14/h3-7,12-13H,8-11H2,1-2H3,(H,16,17)(H,18,19,21). The molecule has 1 amide bonds. The highest BCUT2D eigenvalue weighted by molar-refractivity contribution is 8.27. The van der Waals surface area contributed by atoms with Gasteiger partial charge in [-0.2, -0.15) is 4.21 Å². The summed E-state index contributed by atoms with van der Waals surface area (Å²) in [4.78, 5) is 11.9. The maximum Gasteiger partial charge on any atom is 0.266 e. The lowest BCUT2D eigenvalue weighted by atomic mass is 9.90. The highest BCUT2D eigenvalue weighted by Crippen LogP contribution is 2.18. The smallest absolute Gasteiger partial charge is 0.266 e. The van der Waals surface area contributed by atoms with Crippen molar-refractivity contribution in [2.24, 2.45) is 11.8 Å². The first-order valence-electron chi connectivity index (χ1n) is 7.24. The van der Waals surface area contributed by atoms with Crippen molar-refractivity contribution in [3.8, 4) is 0 Å². The normalized spacial score (nSPS) is 16.5. The van der Waals surface area contributed by atoms with Gasteiger partial charge in [0.2, 0.25) is 0 Å². The fraction of sp³-hybridized carbons (Fsp3) is 0.533. The van der Waals surface area contributed by atoms with Crippen molar-refractivity contribution < 1.29 is 17.7 Å². The molecule has 3 unspecified atom stereocenters. The zero-order valence-electron chi connectivity index (χ0n) is 12.9. The largest absolute Gasteiger partial charge is 0.352 e. The SMILES string of the molecule is CC(CCNC(=O)c1ccccc1)C(C)CCOS(=O)(O)=S. The summed E-state index contributed by atoms with van der Waals surface area (Å²) < 4.78 is 24.4. The number of carbonyl (C=O) groups is 1. The van der Waals surface area contributed by atoms with E-state index >= 15 is 0 Å². The van der Waals surface area contributed by atoms with Crippen LogP contribution in [0.15, 0.2) is 30.3 Å². The van der Waals surface area contributed by atoms with Crippen LogP contribution in [0.2, 0.25) is 0 Å². The molecule has 0 radical (unpaired) electrons. The zero-order valence-corrected chi connectivity index (χ0v) is 14.5. The van der Waals surface area contributed by atoms with Crippen LogP contribution in [-0.4, -0.2) is 27.8 Å². The summed E-state index contributed by atoms with van der Waals surface area (Å²) in [7, 11) is -3.53. The van der Waals surface area contributed by atoms with Crippen molar-refractivity contribution >= 4 is 26.1 Å². The summed E-state index contributed by atoms with van der Waals surface area (Å²) in [5.74, 6) is 0.597. The van der Waals surface area contributed by atoms with Gasteiger partial charge in [-0.3, -0.25) is 13.5 Å². The quantitative estimate of drug-likeness (QED) is 0.719. The Hall–Kier alpha value is -1.02. The van der Waals surface area contributed by atoms with Crippen LogP contribution in [0.1, 0.15) is 37.0 Å². The third kappa shape index (κ3) is 7.84. The Morgan fingerprint density at radius 2 is 1.86 bits per heavy atom. The number of amides is 1. The van der Waals surface area contributed by atoms with E-state index in [1.165, 1.54) is 0 Å². The van der Waals surface area contributed by atoms with Crippen molar-refractivity contribution in [2.45, 2.75) is 26.7 Å². The van der Waals surface area contributed by atoms with Crippen molar-refractivity contribution in [1.82, 2.24) is 5.32 Å². The lowest BCUT2D eigenvalue weighted by Gasteiger charge is -2.19. The van der Waals surface area contributed by atoms with Crippen molar-refractivity contribution in [2.75, 3.05) is 13.2 Å². The number of hydrogen-bond donors (Lipinski definition) is 2. The molecule has 0 aromatic heterocycles. The fourth-order valence-corrected chi connectivity index (χ4v) is 2.52. The summed E-state index contributed by atoms with van der Waals surface area (Å²) >= 11 is 4.26. The van der Waals surface area contributed by atoms with Gasteiger partial charge in [0, 0.05) is 23.3 Å². The summed E-state index contributed by atoms with van der Waals surface area (Å²) in [5, 5.41) is 2.89. The number of nitrogens with one attached hydrogen (secondary N) is 1. The lowest BCUT2D eigenvalue weighted by molar-refractivity contribution is 0.0949. The van der Waals surface area contributed by atoms with E-state index in [9.17, 15) is 9.00 Å². The maximum atomic E-state index is 11.9. The molecule has 0 saturated carbocycles. The molecule has 124 valence electrons. The molecule has 0 saturated heterocycles. The molecule has 3 atom stereocenters. The Balaban J connectivity index is 2.25. The number of rotatable bonds is 9. The molecule has 0 aliphatic heterocycles. The van der Waals surface area contributed by atoms with Gasteiger partial charge < -0.3 is 5.32 Å².